The minimum absolute atomic E-state index is 0.0693. The fourth-order valence-electron chi connectivity index (χ4n) is 4.87. The Labute approximate surface area is 211 Å². The molecule has 0 spiro atoms. The second kappa shape index (κ2) is 9.90. The maximum absolute atomic E-state index is 13.4. The number of ether oxygens (including phenoxy) is 3. The zero-order valence-electron chi connectivity index (χ0n) is 20.7. The summed E-state index contributed by atoms with van der Waals surface area (Å²) in [4.78, 5) is 27.8. The largest absolute Gasteiger partial charge is 0.493 e. The molecule has 36 heavy (non-hydrogen) atoms. The van der Waals surface area contributed by atoms with Crippen LogP contribution >= 0.6 is 0 Å². The Bertz CT molecular complexity index is 1340. The maximum Gasteiger partial charge on any atom is 0.336 e. The van der Waals surface area contributed by atoms with Gasteiger partial charge >= 0.3 is 5.97 Å². The van der Waals surface area contributed by atoms with Crippen LogP contribution in [0.5, 0.6) is 11.5 Å². The average Bonchev–Trinajstić information content (AvgIpc) is 3.29. The fourth-order valence-corrected chi connectivity index (χ4v) is 4.87. The maximum atomic E-state index is 13.4. The molecular weight excluding hydrogens is 454 g/mol. The van der Waals surface area contributed by atoms with Gasteiger partial charge in [0, 0.05) is 18.0 Å². The highest BCUT2D eigenvalue weighted by Crippen LogP contribution is 2.43. The van der Waals surface area contributed by atoms with Crippen molar-refractivity contribution in [3.8, 4) is 11.5 Å². The zero-order valence-corrected chi connectivity index (χ0v) is 20.7. The van der Waals surface area contributed by atoms with Crippen molar-refractivity contribution >= 4 is 17.6 Å². The van der Waals surface area contributed by atoms with Gasteiger partial charge in [0.15, 0.2) is 11.5 Å². The molecule has 0 radical (unpaired) electrons. The molecule has 1 amide bonds. The Morgan fingerprint density at radius 3 is 2.50 bits per heavy atom. The van der Waals surface area contributed by atoms with Gasteiger partial charge in [0.05, 0.1) is 18.4 Å². The second-order valence-electron chi connectivity index (χ2n) is 9.07. The SMILES string of the molecule is CCc1ccc(N2C(=O)CC(c3ccc(OCc4ccccc4C)c(OC)c3)C3=C2COC3=O)cc1. The highest BCUT2D eigenvalue weighted by atomic mass is 16.5. The van der Waals surface area contributed by atoms with Crippen LogP contribution in [0.1, 0.15) is 41.5 Å². The standard InChI is InChI=1S/C30H29NO5/c1-4-20-9-12-23(13-10-20)31-25-18-36-30(33)29(25)24(16-28(31)32)21-11-14-26(27(15-21)34-3)35-17-22-8-6-5-7-19(22)2/h5-15,24H,4,16-18H2,1-3H3. The lowest BCUT2D eigenvalue weighted by atomic mass is 9.84. The Balaban J connectivity index is 1.45. The van der Waals surface area contributed by atoms with E-state index in [9.17, 15) is 9.59 Å². The van der Waals surface area contributed by atoms with Gasteiger partial charge in [0.25, 0.3) is 0 Å². The number of cyclic esters (lactones) is 1. The number of aryl methyl sites for hydroxylation is 2. The van der Waals surface area contributed by atoms with Crippen LogP contribution in [0.4, 0.5) is 5.69 Å². The molecule has 5 rings (SSSR count). The number of benzene rings is 3. The molecule has 2 aliphatic heterocycles. The summed E-state index contributed by atoms with van der Waals surface area (Å²) >= 11 is 0. The molecule has 2 aliphatic rings. The molecular formula is C30H29NO5. The van der Waals surface area contributed by atoms with Crippen molar-refractivity contribution in [2.75, 3.05) is 18.6 Å². The predicted molar refractivity (Wildman–Crippen MR) is 137 cm³/mol. The van der Waals surface area contributed by atoms with E-state index in [0.29, 0.717) is 29.4 Å². The number of hydrogen-bond donors (Lipinski definition) is 0. The Hall–Kier alpha value is -4.06. The van der Waals surface area contributed by atoms with E-state index in [1.807, 2.05) is 73.7 Å². The molecule has 0 saturated heterocycles. The third-order valence-corrected chi connectivity index (χ3v) is 6.95. The molecule has 3 aromatic rings. The second-order valence-corrected chi connectivity index (χ2v) is 9.07. The van der Waals surface area contributed by atoms with Gasteiger partial charge in [0.2, 0.25) is 5.91 Å². The third-order valence-electron chi connectivity index (χ3n) is 6.95. The van der Waals surface area contributed by atoms with E-state index in [1.165, 1.54) is 5.56 Å². The Morgan fingerprint density at radius 1 is 1.00 bits per heavy atom. The van der Waals surface area contributed by atoms with Crippen molar-refractivity contribution in [2.45, 2.75) is 39.2 Å². The zero-order chi connectivity index (χ0) is 25.2. The number of carbonyl (C=O) groups is 2. The summed E-state index contributed by atoms with van der Waals surface area (Å²) in [5.41, 5.74) is 6.15. The summed E-state index contributed by atoms with van der Waals surface area (Å²) in [6.07, 6.45) is 1.08. The monoisotopic (exact) mass is 483 g/mol. The van der Waals surface area contributed by atoms with Gasteiger partial charge < -0.3 is 14.2 Å². The van der Waals surface area contributed by atoms with Crippen LogP contribution in [0.25, 0.3) is 0 Å². The molecule has 3 aromatic carbocycles. The van der Waals surface area contributed by atoms with Crippen LogP contribution in [0.15, 0.2) is 78.0 Å². The lowest BCUT2D eigenvalue weighted by molar-refractivity contribution is -0.136. The number of nitrogens with zero attached hydrogens (tertiary/aromatic N) is 1. The average molecular weight is 484 g/mol. The highest BCUT2D eigenvalue weighted by Gasteiger charge is 2.43. The van der Waals surface area contributed by atoms with E-state index < -0.39 is 5.92 Å². The summed E-state index contributed by atoms with van der Waals surface area (Å²) in [5, 5.41) is 0. The van der Waals surface area contributed by atoms with Crippen molar-refractivity contribution in [3.63, 3.8) is 0 Å². The molecule has 0 aliphatic carbocycles. The van der Waals surface area contributed by atoms with E-state index in [1.54, 1.807) is 12.0 Å². The van der Waals surface area contributed by atoms with Crippen LogP contribution in [-0.4, -0.2) is 25.6 Å². The molecule has 0 fully saturated rings. The first kappa shape index (κ1) is 23.7. The van der Waals surface area contributed by atoms with E-state index in [4.69, 9.17) is 14.2 Å². The first-order valence-corrected chi connectivity index (χ1v) is 12.2. The molecule has 184 valence electrons. The molecule has 0 aromatic heterocycles. The lowest BCUT2D eigenvalue weighted by Gasteiger charge is -2.32. The van der Waals surface area contributed by atoms with Gasteiger partial charge in [0.1, 0.15) is 13.2 Å². The smallest absolute Gasteiger partial charge is 0.336 e. The van der Waals surface area contributed by atoms with Crippen molar-refractivity contribution in [3.05, 3.63) is 100 Å². The van der Waals surface area contributed by atoms with Crippen LogP contribution in [0.2, 0.25) is 0 Å². The summed E-state index contributed by atoms with van der Waals surface area (Å²) in [6, 6.07) is 21.5. The summed E-state index contributed by atoms with van der Waals surface area (Å²) in [6.45, 7) is 4.63. The van der Waals surface area contributed by atoms with Crippen molar-refractivity contribution < 1.29 is 23.8 Å². The molecule has 1 atom stereocenters. The number of rotatable bonds is 7. The van der Waals surface area contributed by atoms with E-state index >= 15 is 0 Å². The third kappa shape index (κ3) is 4.35. The molecule has 0 saturated carbocycles. The number of hydrogen-bond acceptors (Lipinski definition) is 5. The fraction of sp³-hybridized carbons (Fsp3) is 0.267. The molecule has 0 N–H and O–H groups in total. The van der Waals surface area contributed by atoms with Gasteiger partial charge in [-0.2, -0.15) is 0 Å². The first-order chi connectivity index (χ1) is 17.5. The first-order valence-electron chi connectivity index (χ1n) is 12.2. The van der Waals surface area contributed by atoms with Crippen LogP contribution < -0.4 is 14.4 Å². The van der Waals surface area contributed by atoms with Gasteiger partial charge in [-0.1, -0.05) is 49.4 Å². The van der Waals surface area contributed by atoms with Gasteiger partial charge in [-0.3, -0.25) is 9.69 Å². The van der Waals surface area contributed by atoms with E-state index in [-0.39, 0.29) is 24.9 Å². The minimum Gasteiger partial charge on any atom is -0.493 e. The quantitative estimate of drug-likeness (QED) is 0.417. The van der Waals surface area contributed by atoms with E-state index in [0.717, 1.165) is 28.8 Å². The summed E-state index contributed by atoms with van der Waals surface area (Å²) in [7, 11) is 1.59. The molecule has 0 bridgehead atoms. The normalized spacial score (nSPS) is 17.2. The number of carbonyl (C=O) groups excluding carboxylic acids is 2. The Kier molecular flexibility index (Phi) is 6.51. The van der Waals surface area contributed by atoms with Gasteiger partial charge in [-0.15, -0.1) is 0 Å². The number of amides is 1. The van der Waals surface area contributed by atoms with Crippen molar-refractivity contribution in [1.82, 2.24) is 0 Å². The Morgan fingerprint density at radius 2 is 1.78 bits per heavy atom. The number of esters is 1. The van der Waals surface area contributed by atoms with Crippen LogP contribution in [0.3, 0.4) is 0 Å². The van der Waals surface area contributed by atoms with Crippen molar-refractivity contribution in [1.29, 1.82) is 0 Å². The number of methoxy groups -OCH3 is 1. The topological polar surface area (TPSA) is 65.1 Å². The molecule has 6 nitrogen and oxygen atoms in total. The van der Waals surface area contributed by atoms with E-state index in [2.05, 4.69) is 6.92 Å². The molecule has 6 heteroatoms. The minimum atomic E-state index is -0.409. The molecule has 1 unspecified atom stereocenters. The van der Waals surface area contributed by atoms with Crippen LogP contribution in [-0.2, 0) is 27.4 Å². The van der Waals surface area contributed by atoms with Crippen LogP contribution in [0, 0.1) is 6.92 Å². The molecule has 2 heterocycles. The lowest BCUT2D eigenvalue weighted by Crippen LogP contribution is -2.37. The number of anilines is 1. The van der Waals surface area contributed by atoms with Gasteiger partial charge in [-0.05, 0) is 59.9 Å². The van der Waals surface area contributed by atoms with Gasteiger partial charge in [-0.25, -0.2) is 4.79 Å². The highest BCUT2D eigenvalue weighted by molar-refractivity contribution is 6.06. The summed E-state index contributed by atoms with van der Waals surface area (Å²) in [5.74, 6) is 0.303. The predicted octanol–water partition coefficient (Wildman–Crippen LogP) is 5.48. The summed E-state index contributed by atoms with van der Waals surface area (Å²) < 4.78 is 17.1. The van der Waals surface area contributed by atoms with Crippen molar-refractivity contribution in [2.24, 2.45) is 0 Å².